The average molecular weight is 217 g/mol. The van der Waals surface area contributed by atoms with Crippen molar-refractivity contribution in [3.05, 3.63) is 30.0 Å². The highest BCUT2D eigenvalue weighted by Gasteiger charge is 2.11. The maximum Gasteiger partial charge on any atom is 0.0506 e. The molecular weight excluding hydrogens is 198 g/mol. The van der Waals surface area contributed by atoms with E-state index in [0.717, 1.165) is 12.2 Å². The molecule has 1 heterocycles. The third-order valence-electron chi connectivity index (χ3n) is 2.89. The minimum Gasteiger partial charge on any atom is -0.398 e. The molecule has 0 aliphatic heterocycles. The first-order chi connectivity index (χ1) is 7.65. The normalized spacial score (nSPS) is 11.5. The molecule has 0 aliphatic carbocycles. The lowest BCUT2D eigenvalue weighted by atomic mass is 10.1. The summed E-state index contributed by atoms with van der Waals surface area (Å²) < 4.78 is 2.28. The summed E-state index contributed by atoms with van der Waals surface area (Å²) in [6, 6.07) is 6.56. The van der Waals surface area contributed by atoms with Crippen LogP contribution in [-0.2, 0) is 6.54 Å². The van der Waals surface area contributed by atoms with Gasteiger partial charge < -0.3 is 15.6 Å². The predicted molar refractivity (Wildman–Crippen MR) is 69.5 cm³/mol. The molecule has 2 rings (SSSR count). The van der Waals surface area contributed by atoms with E-state index in [2.05, 4.69) is 36.0 Å². The summed E-state index contributed by atoms with van der Waals surface area (Å²) in [4.78, 5) is 0. The molecule has 3 nitrogen and oxygen atoms in total. The fourth-order valence-corrected chi connectivity index (χ4v) is 2.18. The monoisotopic (exact) mass is 217 g/mol. The van der Waals surface area contributed by atoms with Crippen LogP contribution in [-0.4, -0.2) is 11.6 Å². The van der Waals surface area contributed by atoms with Crippen LogP contribution in [0.25, 0.3) is 10.9 Å². The summed E-state index contributed by atoms with van der Waals surface area (Å²) in [5, 5.41) is 4.37. The number of nitrogen functional groups attached to an aromatic ring is 1. The molecule has 3 N–H and O–H groups in total. The smallest absolute Gasteiger partial charge is 0.0506 e. The molecule has 3 heteroatoms. The van der Waals surface area contributed by atoms with E-state index in [1.165, 1.54) is 16.5 Å². The van der Waals surface area contributed by atoms with Crippen LogP contribution in [0.5, 0.6) is 0 Å². The number of nitrogens with one attached hydrogen (secondary N) is 1. The summed E-state index contributed by atoms with van der Waals surface area (Å²) >= 11 is 0. The number of anilines is 1. The Morgan fingerprint density at radius 1 is 1.38 bits per heavy atom. The van der Waals surface area contributed by atoms with Crippen molar-refractivity contribution < 1.29 is 0 Å². The van der Waals surface area contributed by atoms with Crippen LogP contribution >= 0.6 is 0 Å². The summed E-state index contributed by atoms with van der Waals surface area (Å²) in [5.41, 5.74) is 9.41. The van der Waals surface area contributed by atoms with Crippen LogP contribution in [0.2, 0.25) is 0 Å². The van der Waals surface area contributed by atoms with Gasteiger partial charge in [0.15, 0.2) is 0 Å². The molecule has 0 bridgehead atoms. The molecule has 1 aromatic carbocycles. The number of hydrogen-bond acceptors (Lipinski definition) is 2. The van der Waals surface area contributed by atoms with E-state index in [1.807, 2.05) is 19.2 Å². The zero-order valence-corrected chi connectivity index (χ0v) is 10.1. The second-order valence-electron chi connectivity index (χ2n) is 4.43. The number of benzene rings is 1. The van der Waals surface area contributed by atoms with Crippen molar-refractivity contribution in [1.29, 1.82) is 0 Å². The molecule has 0 radical (unpaired) electrons. The lowest BCUT2D eigenvalue weighted by Crippen LogP contribution is -2.05. The number of nitrogens with zero attached hydrogens (tertiary/aromatic N) is 1. The standard InChI is InChI=1S/C13H19N3/c1-9(2)16-8-10(7-15-3)13-11(14)5-4-6-12(13)16/h4-6,8-9,15H,7,14H2,1-3H3. The van der Waals surface area contributed by atoms with Crippen molar-refractivity contribution in [3.8, 4) is 0 Å². The maximum absolute atomic E-state index is 6.06. The summed E-state index contributed by atoms with van der Waals surface area (Å²) in [7, 11) is 1.96. The summed E-state index contributed by atoms with van der Waals surface area (Å²) in [6.07, 6.45) is 2.20. The molecule has 0 aliphatic rings. The first kappa shape index (κ1) is 11.0. The predicted octanol–water partition coefficient (Wildman–Crippen LogP) is 2.52. The molecule has 0 amide bonds. The number of hydrogen-bond donors (Lipinski definition) is 2. The maximum atomic E-state index is 6.06. The quantitative estimate of drug-likeness (QED) is 0.776. The first-order valence-electron chi connectivity index (χ1n) is 5.67. The van der Waals surface area contributed by atoms with Crippen molar-refractivity contribution in [2.45, 2.75) is 26.4 Å². The molecule has 0 saturated heterocycles. The van der Waals surface area contributed by atoms with Gasteiger partial charge in [-0.05, 0) is 38.6 Å². The van der Waals surface area contributed by atoms with Gasteiger partial charge in [0.1, 0.15) is 0 Å². The fourth-order valence-electron chi connectivity index (χ4n) is 2.18. The second kappa shape index (κ2) is 4.18. The van der Waals surface area contributed by atoms with E-state index >= 15 is 0 Å². The molecule has 2 aromatic rings. The fraction of sp³-hybridized carbons (Fsp3) is 0.385. The van der Waals surface area contributed by atoms with Gasteiger partial charge in [-0.25, -0.2) is 0 Å². The molecule has 0 spiro atoms. The van der Waals surface area contributed by atoms with E-state index in [1.54, 1.807) is 0 Å². The van der Waals surface area contributed by atoms with Crippen molar-refractivity contribution >= 4 is 16.6 Å². The molecular formula is C13H19N3. The van der Waals surface area contributed by atoms with Crippen molar-refractivity contribution in [2.75, 3.05) is 12.8 Å². The zero-order chi connectivity index (χ0) is 11.7. The Bertz CT molecular complexity index is 497. The van der Waals surface area contributed by atoms with E-state index in [0.29, 0.717) is 6.04 Å². The number of nitrogens with two attached hydrogens (primary N) is 1. The van der Waals surface area contributed by atoms with E-state index < -0.39 is 0 Å². The van der Waals surface area contributed by atoms with Gasteiger partial charge in [0, 0.05) is 29.9 Å². The van der Waals surface area contributed by atoms with E-state index in [9.17, 15) is 0 Å². The Balaban J connectivity index is 2.71. The van der Waals surface area contributed by atoms with E-state index in [-0.39, 0.29) is 0 Å². The molecule has 1 aromatic heterocycles. The Morgan fingerprint density at radius 3 is 2.75 bits per heavy atom. The van der Waals surface area contributed by atoms with Gasteiger partial charge in [0.05, 0.1) is 5.52 Å². The first-order valence-corrected chi connectivity index (χ1v) is 5.67. The van der Waals surface area contributed by atoms with E-state index in [4.69, 9.17) is 5.73 Å². The third-order valence-corrected chi connectivity index (χ3v) is 2.89. The summed E-state index contributed by atoms with van der Waals surface area (Å²) in [5.74, 6) is 0. The lowest BCUT2D eigenvalue weighted by Gasteiger charge is -2.08. The van der Waals surface area contributed by atoms with Gasteiger partial charge in [0.2, 0.25) is 0 Å². The largest absolute Gasteiger partial charge is 0.398 e. The van der Waals surface area contributed by atoms with Crippen LogP contribution in [0.1, 0.15) is 25.5 Å². The van der Waals surface area contributed by atoms with Crippen LogP contribution in [0, 0.1) is 0 Å². The van der Waals surface area contributed by atoms with Gasteiger partial charge >= 0.3 is 0 Å². The topological polar surface area (TPSA) is 43.0 Å². The Kier molecular flexibility index (Phi) is 2.88. The Labute approximate surface area is 96.2 Å². The highest BCUT2D eigenvalue weighted by Crippen LogP contribution is 2.29. The number of fused-ring (bicyclic) bond motifs is 1. The number of rotatable bonds is 3. The minimum atomic E-state index is 0.454. The SMILES string of the molecule is CNCc1cn(C(C)C)c2cccc(N)c12. The highest BCUT2D eigenvalue weighted by molar-refractivity contribution is 5.94. The second-order valence-corrected chi connectivity index (χ2v) is 4.43. The van der Waals surface area contributed by atoms with Crippen molar-refractivity contribution in [3.63, 3.8) is 0 Å². The van der Waals surface area contributed by atoms with Crippen LogP contribution in [0.15, 0.2) is 24.4 Å². The van der Waals surface area contributed by atoms with Gasteiger partial charge in [-0.2, -0.15) is 0 Å². The van der Waals surface area contributed by atoms with Crippen molar-refractivity contribution in [1.82, 2.24) is 9.88 Å². The van der Waals surface area contributed by atoms with Crippen LogP contribution in [0.4, 0.5) is 5.69 Å². The number of aromatic nitrogens is 1. The van der Waals surface area contributed by atoms with Gasteiger partial charge in [-0.1, -0.05) is 6.07 Å². The molecule has 86 valence electrons. The molecule has 0 fully saturated rings. The summed E-state index contributed by atoms with van der Waals surface area (Å²) in [6.45, 7) is 5.22. The zero-order valence-electron chi connectivity index (χ0n) is 10.1. The van der Waals surface area contributed by atoms with Crippen molar-refractivity contribution in [2.24, 2.45) is 0 Å². The lowest BCUT2D eigenvalue weighted by molar-refractivity contribution is 0.619. The Hall–Kier alpha value is -1.48. The highest BCUT2D eigenvalue weighted by atomic mass is 15.0. The molecule has 16 heavy (non-hydrogen) atoms. The van der Waals surface area contributed by atoms with Crippen LogP contribution < -0.4 is 11.1 Å². The minimum absolute atomic E-state index is 0.454. The molecule has 0 atom stereocenters. The molecule has 0 unspecified atom stereocenters. The third kappa shape index (κ3) is 1.67. The average Bonchev–Trinajstić information content (AvgIpc) is 2.59. The van der Waals surface area contributed by atoms with Gasteiger partial charge in [0.25, 0.3) is 0 Å². The van der Waals surface area contributed by atoms with Gasteiger partial charge in [-0.15, -0.1) is 0 Å². The Morgan fingerprint density at radius 2 is 2.12 bits per heavy atom. The van der Waals surface area contributed by atoms with Crippen LogP contribution in [0.3, 0.4) is 0 Å². The molecule has 0 saturated carbocycles. The van der Waals surface area contributed by atoms with Gasteiger partial charge in [-0.3, -0.25) is 0 Å².